The predicted molar refractivity (Wildman–Crippen MR) is 109 cm³/mol. The van der Waals surface area contributed by atoms with Crippen molar-refractivity contribution in [2.45, 2.75) is 26.8 Å². The van der Waals surface area contributed by atoms with Crippen molar-refractivity contribution < 1.29 is 13.7 Å². The number of aryl methyl sites for hydroxylation is 2. The van der Waals surface area contributed by atoms with Gasteiger partial charge in [0.1, 0.15) is 11.7 Å². The minimum atomic E-state index is -0.481. The first-order valence-corrected chi connectivity index (χ1v) is 9.51. The molecule has 1 N–H and O–H groups in total. The minimum absolute atomic E-state index is 0.00709. The molecule has 1 atom stereocenters. The van der Waals surface area contributed by atoms with Crippen molar-refractivity contribution in [1.29, 1.82) is 0 Å². The number of hydrogen-bond donors (Lipinski definition) is 1. The number of amides is 1. The van der Waals surface area contributed by atoms with Crippen LogP contribution in [0.5, 0.6) is 0 Å². The molecule has 30 heavy (non-hydrogen) atoms. The maximum absolute atomic E-state index is 12.4. The molecule has 0 radical (unpaired) electrons. The van der Waals surface area contributed by atoms with Gasteiger partial charge in [-0.05, 0) is 43.2 Å². The Morgan fingerprint density at radius 2 is 2.00 bits per heavy atom. The van der Waals surface area contributed by atoms with Crippen LogP contribution in [-0.4, -0.2) is 25.6 Å². The van der Waals surface area contributed by atoms with Gasteiger partial charge in [0.05, 0.1) is 17.3 Å². The zero-order chi connectivity index (χ0) is 21.4. The number of hydrogen-bond acceptors (Lipinski definition) is 7. The number of fused-ring (bicyclic) bond motifs is 1. The minimum Gasteiger partial charge on any atom is -0.459 e. The summed E-state index contributed by atoms with van der Waals surface area (Å²) in [4.78, 5) is 33.3. The lowest BCUT2D eigenvalue weighted by atomic mass is 10.0. The van der Waals surface area contributed by atoms with Crippen molar-refractivity contribution in [3.05, 3.63) is 64.3 Å². The second-order valence-electron chi connectivity index (χ2n) is 7.39. The first kappa shape index (κ1) is 19.6. The zero-order valence-electron chi connectivity index (χ0n) is 17.0. The molecule has 0 aliphatic heterocycles. The van der Waals surface area contributed by atoms with Crippen LogP contribution in [0, 0.1) is 12.8 Å². The van der Waals surface area contributed by atoms with Crippen LogP contribution in [-0.2, 0) is 7.05 Å². The molecule has 1 unspecified atom stereocenters. The fraction of sp³-hybridized carbons (Fsp3) is 0.286. The number of carbonyl (C=O) groups is 1. The van der Waals surface area contributed by atoms with Crippen molar-refractivity contribution in [2.75, 3.05) is 0 Å². The van der Waals surface area contributed by atoms with Crippen LogP contribution < -0.4 is 10.9 Å². The van der Waals surface area contributed by atoms with Gasteiger partial charge in [-0.3, -0.25) is 9.59 Å². The molecule has 0 saturated carbocycles. The summed E-state index contributed by atoms with van der Waals surface area (Å²) in [5, 5.41) is 6.94. The average molecular weight is 407 g/mol. The van der Waals surface area contributed by atoms with E-state index in [0.29, 0.717) is 34.0 Å². The molecule has 9 nitrogen and oxygen atoms in total. The average Bonchev–Trinajstić information content (AvgIpc) is 3.42. The quantitative estimate of drug-likeness (QED) is 0.540. The monoisotopic (exact) mass is 407 g/mol. The lowest BCUT2D eigenvalue weighted by molar-refractivity contribution is 0.0885. The Bertz CT molecular complexity index is 1270. The number of furan rings is 1. The number of aromatic nitrogens is 4. The second kappa shape index (κ2) is 7.58. The van der Waals surface area contributed by atoms with Crippen LogP contribution in [0.15, 0.2) is 50.3 Å². The van der Waals surface area contributed by atoms with Gasteiger partial charge < -0.3 is 18.8 Å². The molecule has 1 aromatic carbocycles. The molecule has 154 valence electrons. The Morgan fingerprint density at radius 3 is 2.70 bits per heavy atom. The van der Waals surface area contributed by atoms with E-state index in [4.69, 9.17) is 8.94 Å². The molecule has 0 aliphatic rings. The molecule has 4 aromatic rings. The first-order valence-electron chi connectivity index (χ1n) is 9.51. The van der Waals surface area contributed by atoms with Crippen LogP contribution in [0.25, 0.3) is 22.4 Å². The van der Waals surface area contributed by atoms with E-state index in [1.54, 1.807) is 42.8 Å². The molecule has 3 heterocycles. The van der Waals surface area contributed by atoms with Gasteiger partial charge in [-0.15, -0.1) is 0 Å². The van der Waals surface area contributed by atoms with Crippen LogP contribution in [0.1, 0.15) is 42.0 Å². The third-order valence-electron chi connectivity index (χ3n) is 4.90. The van der Waals surface area contributed by atoms with Crippen molar-refractivity contribution in [2.24, 2.45) is 13.0 Å². The van der Waals surface area contributed by atoms with E-state index in [-0.39, 0.29) is 23.1 Å². The Morgan fingerprint density at radius 1 is 1.20 bits per heavy atom. The van der Waals surface area contributed by atoms with E-state index < -0.39 is 6.04 Å². The molecule has 0 bridgehead atoms. The number of carbonyl (C=O) groups excluding carboxylic acids is 1. The van der Waals surface area contributed by atoms with Gasteiger partial charge in [-0.1, -0.05) is 19.0 Å². The molecule has 0 aliphatic carbocycles. The van der Waals surface area contributed by atoms with Crippen molar-refractivity contribution in [3.63, 3.8) is 0 Å². The van der Waals surface area contributed by atoms with Crippen LogP contribution in [0.4, 0.5) is 0 Å². The lowest BCUT2D eigenvalue weighted by Crippen LogP contribution is -2.31. The topological polar surface area (TPSA) is 116 Å². The number of nitrogens with one attached hydrogen (secondary N) is 1. The summed E-state index contributed by atoms with van der Waals surface area (Å²) in [6.07, 6.45) is 1.44. The Hall–Kier alpha value is -3.75. The summed E-state index contributed by atoms with van der Waals surface area (Å²) in [6, 6.07) is 8.17. The van der Waals surface area contributed by atoms with E-state index >= 15 is 0 Å². The number of nitrogens with zero attached hydrogens (tertiary/aromatic N) is 4. The Balaban J connectivity index is 1.66. The van der Waals surface area contributed by atoms with E-state index in [0.717, 1.165) is 0 Å². The van der Waals surface area contributed by atoms with Crippen LogP contribution >= 0.6 is 0 Å². The largest absolute Gasteiger partial charge is 0.459 e. The van der Waals surface area contributed by atoms with Gasteiger partial charge in [-0.2, -0.15) is 4.98 Å². The van der Waals surface area contributed by atoms with E-state index in [9.17, 15) is 9.59 Å². The van der Waals surface area contributed by atoms with Crippen molar-refractivity contribution in [1.82, 2.24) is 25.0 Å². The maximum Gasteiger partial charge on any atom is 0.287 e. The highest BCUT2D eigenvalue weighted by Crippen LogP contribution is 2.25. The van der Waals surface area contributed by atoms with Gasteiger partial charge in [0.15, 0.2) is 5.76 Å². The molecule has 0 saturated heterocycles. The molecule has 1 amide bonds. The summed E-state index contributed by atoms with van der Waals surface area (Å²) in [7, 11) is 1.71. The maximum atomic E-state index is 12.4. The highest BCUT2D eigenvalue weighted by molar-refractivity contribution is 5.91. The first-order chi connectivity index (χ1) is 14.3. The highest BCUT2D eigenvalue weighted by atomic mass is 16.5. The molecule has 0 fully saturated rings. The molecule has 3 aromatic heterocycles. The summed E-state index contributed by atoms with van der Waals surface area (Å²) < 4.78 is 12.2. The van der Waals surface area contributed by atoms with Gasteiger partial charge in [0.25, 0.3) is 11.5 Å². The molecule has 9 heteroatoms. The van der Waals surface area contributed by atoms with Gasteiger partial charge in [-0.25, -0.2) is 4.98 Å². The molecular weight excluding hydrogens is 386 g/mol. The fourth-order valence-corrected chi connectivity index (χ4v) is 3.23. The van der Waals surface area contributed by atoms with Gasteiger partial charge in [0.2, 0.25) is 11.7 Å². The van der Waals surface area contributed by atoms with Crippen LogP contribution in [0.2, 0.25) is 0 Å². The van der Waals surface area contributed by atoms with Gasteiger partial charge >= 0.3 is 0 Å². The van der Waals surface area contributed by atoms with E-state index in [2.05, 4.69) is 20.4 Å². The van der Waals surface area contributed by atoms with Crippen molar-refractivity contribution >= 4 is 16.9 Å². The standard InChI is InChI=1S/C21H21N5O4/c1-11(2)17(23-19(27)16-6-5-9-29-16)20-24-18(25-30-20)13-7-8-15-14(10-13)22-12(3)21(28)26(15)4/h5-11,17H,1-4H3,(H,23,27). The molecule has 4 rings (SSSR count). The summed E-state index contributed by atoms with van der Waals surface area (Å²) in [5.41, 5.74) is 2.34. The lowest BCUT2D eigenvalue weighted by Gasteiger charge is -2.17. The van der Waals surface area contributed by atoms with Gasteiger partial charge in [0, 0.05) is 12.6 Å². The van der Waals surface area contributed by atoms with E-state index in [1.165, 1.54) is 6.26 Å². The fourth-order valence-electron chi connectivity index (χ4n) is 3.23. The Labute approximate surface area is 171 Å². The zero-order valence-corrected chi connectivity index (χ0v) is 17.0. The molecule has 0 spiro atoms. The molecular formula is C21H21N5O4. The highest BCUT2D eigenvalue weighted by Gasteiger charge is 2.26. The third kappa shape index (κ3) is 3.49. The van der Waals surface area contributed by atoms with E-state index in [1.807, 2.05) is 19.9 Å². The Kier molecular flexibility index (Phi) is 4.94. The van der Waals surface area contributed by atoms with Crippen LogP contribution in [0.3, 0.4) is 0 Å². The second-order valence-corrected chi connectivity index (χ2v) is 7.39. The smallest absolute Gasteiger partial charge is 0.287 e. The number of rotatable bonds is 5. The third-order valence-corrected chi connectivity index (χ3v) is 4.90. The summed E-state index contributed by atoms with van der Waals surface area (Å²) in [6.45, 7) is 5.57. The SMILES string of the molecule is Cc1nc2cc(-c3noc(C(NC(=O)c4ccco4)C(C)C)n3)ccc2n(C)c1=O. The summed E-state index contributed by atoms with van der Waals surface area (Å²) in [5.74, 6) is 0.530. The number of benzene rings is 1. The normalized spacial score (nSPS) is 12.4. The summed E-state index contributed by atoms with van der Waals surface area (Å²) >= 11 is 0. The predicted octanol–water partition coefficient (Wildman–Crippen LogP) is 3.01. The van der Waals surface area contributed by atoms with Crippen molar-refractivity contribution in [3.8, 4) is 11.4 Å².